The molecular weight excluding hydrogens is 200 g/mol. The lowest BCUT2D eigenvalue weighted by atomic mass is 9.99. The Balaban J connectivity index is 2.12. The van der Waals surface area contributed by atoms with Crippen molar-refractivity contribution in [3.8, 4) is 5.75 Å². The van der Waals surface area contributed by atoms with Gasteiger partial charge < -0.3 is 10.1 Å². The molecule has 0 bridgehead atoms. The minimum absolute atomic E-state index is 0.498. The third-order valence-corrected chi connectivity index (χ3v) is 3.17. The molecule has 0 saturated heterocycles. The molecule has 1 unspecified atom stereocenters. The molecule has 3 nitrogen and oxygen atoms in total. The first-order valence-electron chi connectivity index (χ1n) is 5.89. The van der Waals surface area contributed by atoms with E-state index >= 15 is 0 Å². The van der Waals surface area contributed by atoms with Crippen LogP contribution in [0, 0.1) is 0 Å². The van der Waals surface area contributed by atoms with Gasteiger partial charge in [-0.3, -0.25) is 4.90 Å². The molecular formula is C13H20N2O. The molecule has 0 aliphatic carbocycles. The number of rotatable bonds is 4. The van der Waals surface area contributed by atoms with E-state index in [0.717, 1.165) is 31.9 Å². The Kier molecular flexibility index (Phi) is 3.80. The molecule has 16 heavy (non-hydrogen) atoms. The quantitative estimate of drug-likeness (QED) is 0.835. The zero-order valence-electron chi connectivity index (χ0n) is 10.1. The van der Waals surface area contributed by atoms with Gasteiger partial charge in [-0.2, -0.15) is 0 Å². The molecule has 1 atom stereocenters. The van der Waals surface area contributed by atoms with Crippen molar-refractivity contribution in [1.29, 1.82) is 0 Å². The third kappa shape index (κ3) is 2.36. The predicted molar refractivity (Wildman–Crippen MR) is 65.9 cm³/mol. The highest BCUT2D eigenvalue weighted by molar-refractivity contribution is 5.37. The number of ether oxygens (including phenoxy) is 1. The average Bonchev–Trinajstić information content (AvgIpc) is 2.35. The van der Waals surface area contributed by atoms with Gasteiger partial charge in [0.2, 0.25) is 0 Å². The highest BCUT2D eigenvalue weighted by atomic mass is 16.5. The molecule has 1 aromatic carbocycles. The van der Waals surface area contributed by atoms with Crippen LogP contribution in [-0.4, -0.2) is 38.7 Å². The topological polar surface area (TPSA) is 24.5 Å². The standard InChI is InChI=1S/C13H20N2O/c1-14-8-9-15(2)12-7-10-16-13-6-4-3-5-11(12)13/h3-6,12,14H,7-10H2,1-2H3. The maximum Gasteiger partial charge on any atom is 0.124 e. The van der Waals surface area contributed by atoms with Crippen LogP contribution < -0.4 is 10.1 Å². The first-order chi connectivity index (χ1) is 7.83. The van der Waals surface area contributed by atoms with Gasteiger partial charge in [0.05, 0.1) is 6.61 Å². The fourth-order valence-electron chi connectivity index (χ4n) is 2.23. The van der Waals surface area contributed by atoms with E-state index in [-0.39, 0.29) is 0 Å². The van der Waals surface area contributed by atoms with Crippen LogP contribution in [-0.2, 0) is 0 Å². The summed E-state index contributed by atoms with van der Waals surface area (Å²) in [6.07, 6.45) is 1.08. The smallest absolute Gasteiger partial charge is 0.124 e. The van der Waals surface area contributed by atoms with Crippen LogP contribution in [0.2, 0.25) is 0 Å². The molecule has 0 aromatic heterocycles. The summed E-state index contributed by atoms with van der Waals surface area (Å²) < 4.78 is 5.67. The minimum atomic E-state index is 0.498. The second-order valence-electron chi connectivity index (χ2n) is 4.27. The fraction of sp³-hybridized carbons (Fsp3) is 0.538. The van der Waals surface area contributed by atoms with Crippen molar-refractivity contribution < 1.29 is 4.74 Å². The second kappa shape index (κ2) is 5.32. The van der Waals surface area contributed by atoms with Gasteiger partial charge in [0.1, 0.15) is 5.75 Å². The summed E-state index contributed by atoms with van der Waals surface area (Å²) in [6, 6.07) is 8.86. The Morgan fingerprint density at radius 3 is 3.06 bits per heavy atom. The number of para-hydroxylation sites is 1. The molecule has 88 valence electrons. The lowest BCUT2D eigenvalue weighted by Gasteiger charge is -2.33. The average molecular weight is 220 g/mol. The molecule has 0 spiro atoms. The molecule has 1 heterocycles. The summed E-state index contributed by atoms with van der Waals surface area (Å²) in [4.78, 5) is 2.40. The SMILES string of the molecule is CNCCN(C)C1CCOc2ccccc21. The summed E-state index contributed by atoms with van der Waals surface area (Å²) >= 11 is 0. The van der Waals surface area contributed by atoms with E-state index in [9.17, 15) is 0 Å². The first kappa shape index (κ1) is 11.4. The van der Waals surface area contributed by atoms with Crippen LogP contribution >= 0.6 is 0 Å². The number of fused-ring (bicyclic) bond motifs is 1. The van der Waals surface area contributed by atoms with Crippen LogP contribution in [0.25, 0.3) is 0 Å². The maximum absolute atomic E-state index is 5.67. The molecule has 1 aromatic rings. The summed E-state index contributed by atoms with van der Waals surface area (Å²) in [5.74, 6) is 1.05. The molecule has 2 rings (SSSR count). The lowest BCUT2D eigenvalue weighted by Crippen LogP contribution is -2.33. The normalized spacial score (nSPS) is 19.3. The second-order valence-corrected chi connectivity index (χ2v) is 4.27. The fourth-order valence-corrected chi connectivity index (χ4v) is 2.23. The van der Waals surface area contributed by atoms with Crippen LogP contribution in [0.3, 0.4) is 0 Å². The summed E-state index contributed by atoms with van der Waals surface area (Å²) in [5, 5.41) is 3.19. The van der Waals surface area contributed by atoms with E-state index in [2.05, 4.69) is 35.5 Å². The highest BCUT2D eigenvalue weighted by Gasteiger charge is 2.23. The zero-order chi connectivity index (χ0) is 11.4. The monoisotopic (exact) mass is 220 g/mol. The Morgan fingerprint density at radius 1 is 1.44 bits per heavy atom. The van der Waals surface area contributed by atoms with E-state index in [4.69, 9.17) is 4.74 Å². The summed E-state index contributed by atoms with van der Waals surface area (Å²) in [7, 11) is 4.18. The highest BCUT2D eigenvalue weighted by Crippen LogP contribution is 2.34. The van der Waals surface area contributed by atoms with E-state index in [1.165, 1.54) is 5.56 Å². The number of hydrogen-bond acceptors (Lipinski definition) is 3. The number of benzene rings is 1. The van der Waals surface area contributed by atoms with Gasteiger partial charge in [0.25, 0.3) is 0 Å². The van der Waals surface area contributed by atoms with Crippen molar-refractivity contribution in [3.63, 3.8) is 0 Å². The van der Waals surface area contributed by atoms with Crippen molar-refractivity contribution in [2.24, 2.45) is 0 Å². The Morgan fingerprint density at radius 2 is 2.25 bits per heavy atom. The number of likely N-dealkylation sites (N-methyl/N-ethyl adjacent to an activating group) is 2. The van der Waals surface area contributed by atoms with Gasteiger partial charge in [0.15, 0.2) is 0 Å². The van der Waals surface area contributed by atoms with Crippen molar-refractivity contribution >= 4 is 0 Å². The maximum atomic E-state index is 5.67. The zero-order valence-corrected chi connectivity index (χ0v) is 10.1. The number of hydrogen-bond donors (Lipinski definition) is 1. The van der Waals surface area contributed by atoms with Crippen molar-refractivity contribution in [1.82, 2.24) is 10.2 Å². The molecule has 0 fully saturated rings. The van der Waals surface area contributed by atoms with E-state index < -0.39 is 0 Å². The molecule has 1 aliphatic heterocycles. The van der Waals surface area contributed by atoms with Crippen molar-refractivity contribution in [3.05, 3.63) is 29.8 Å². The molecule has 0 saturated carbocycles. The Hall–Kier alpha value is -1.06. The molecule has 1 aliphatic rings. The van der Waals surface area contributed by atoms with Crippen molar-refractivity contribution in [2.75, 3.05) is 33.8 Å². The molecule has 1 N–H and O–H groups in total. The van der Waals surface area contributed by atoms with Crippen LogP contribution in [0.4, 0.5) is 0 Å². The molecule has 3 heteroatoms. The van der Waals surface area contributed by atoms with Gasteiger partial charge in [-0.25, -0.2) is 0 Å². The van der Waals surface area contributed by atoms with Gasteiger partial charge in [0, 0.05) is 31.1 Å². The van der Waals surface area contributed by atoms with Crippen molar-refractivity contribution in [2.45, 2.75) is 12.5 Å². The Labute approximate surface area is 97.4 Å². The van der Waals surface area contributed by atoms with Crippen LogP contribution in [0.15, 0.2) is 24.3 Å². The van der Waals surface area contributed by atoms with E-state index in [1.807, 2.05) is 13.1 Å². The molecule has 0 amide bonds. The first-order valence-corrected chi connectivity index (χ1v) is 5.89. The predicted octanol–water partition coefficient (Wildman–Crippen LogP) is 1.66. The number of nitrogens with zero attached hydrogens (tertiary/aromatic N) is 1. The minimum Gasteiger partial charge on any atom is -0.493 e. The van der Waals surface area contributed by atoms with Gasteiger partial charge >= 0.3 is 0 Å². The largest absolute Gasteiger partial charge is 0.493 e. The van der Waals surface area contributed by atoms with Gasteiger partial charge in [-0.15, -0.1) is 0 Å². The Bertz CT molecular complexity index is 340. The van der Waals surface area contributed by atoms with Crippen LogP contribution in [0.1, 0.15) is 18.0 Å². The molecule has 0 radical (unpaired) electrons. The van der Waals surface area contributed by atoms with E-state index in [1.54, 1.807) is 0 Å². The van der Waals surface area contributed by atoms with Gasteiger partial charge in [-0.05, 0) is 20.2 Å². The van der Waals surface area contributed by atoms with Crippen LogP contribution in [0.5, 0.6) is 5.75 Å². The third-order valence-electron chi connectivity index (χ3n) is 3.17. The van der Waals surface area contributed by atoms with Gasteiger partial charge in [-0.1, -0.05) is 18.2 Å². The summed E-state index contributed by atoms with van der Waals surface area (Å²) in [5.41, 5.74) is 1.33. The lowest BCUT2D eigenvalue weighted by molar-refractivity contribution is 0.167. The van der Waals surface area contributed by atoms with E-state index in [0.29, 0.717) is 6.04 Å². The summed E-state index contributed by atoms with van der Waals surface area (Å²) in [6.45, 7) is 2.91. The number of nitrogens with one attached hydrogen (secondary N) is 1.